The first-order valence-electron chi connectivity index (χ1n) is 10.2. The van der Waals surface area contributed by atoms with Crippen molar-refractivity contribution in [1.82, 2.24) is 10.6 Å². The van der Waals surface area contributed by atoms with E-state index < -0.39 is 23.9 Å². The molecule has 0 radical (unpaired) electrons. The number of hydrogen-bond donors (Lipinski definition) is 6. The summed E-state index contributed by atoms with van der Waals surface area (Å²) in [4.78, 5) is 40.7. The van der Waals surface area contributed by atoms with Gasteiger partial charge in [0.2, 0.25) is 0 Å². The Morgan fingerprint density at radius 1 is 1.12 bits per heavy atom. The summed E-state index contributed by atoms with van der Waals surface area (Å²) >= 11 is 0. The minimum atomic E-state index is -0.869. The minimum Gasteiger partial charge on any atom is -0.510 e. The molecular weight excluding hydrogens is 440 g/mol. The van der Waals surface area contributed by atoms with Gasteiger partial charge in [-0.2, -0.15) is 0 Å². The molecule has 1 heterocycles. The van der Waals surface area contributed by atoms with Crippen LogP contribution in [0.25, 0.3) is 0 Å². The molecule has 7 N–H and O–H groups in total. The van der Waals surface area contributed by atoms with Crippen molar-refractivity contribution in [2.45, 2.75) is 18.9 Å². The van der Waals surface area contributed by atoms with Crippen molar-refractivity contribution in [1.29, 1.82) is 5.41 Å². The molecule has 0 aromatic heterocycles. The third kappa shape index (κ3) is 6.19. The second-order valence-electron chi connectivity index (χ2n) is 7.35. The lowest BCUT2D eigenvalue weighted by atomic mass is 10.1. The summed E-state index contributed by atoms with van der Waals surface area (Å²) in [6, 6.07) is 13.6. The van der Waals surface area contributed by atoms with Crippen LogP contribution in [0.2, 0.25) is 0 Å². The van der Waals surface area contributed by atoms with E-state index in [2.05, 4.69) is 20.9 Å². The number of aliphatic imine (C=N–C) groups is 1. The molecule has 3 amide bonds. The van der Waals surface area contributed by atoms with Gasteiger partial charge in [-0.25, -0.2) is 14.6 Å². The van der Waals surface area contributed by atoms with Crippen LogP contribution in [0.3, 0.4) is 0 Å². The molecule has 0 fully saturated rings. The maximum Gasteiger partial charge on any atom is 0.328 e. The minimum absolute atomic E-state index is 0.0699. The van der Waals surface area contributed by atoms with Gasteiger partial charge >= 0.3 is 12.0 Å². The second-order valence-corrected chi connectivity index (χ2v) is 7.35. The van der Waals surface area contributed by atoms with Crippen LogP contribution in [0.5, 0.6) is 0 Å². The number of rotatable bonds is 7. The van der Waals surface area contributed by atoms with Gasteiger partial charge in [-0.1, -0.05) is 30.3 Å². The van der Waals surface area contributed by atoms with Gasteiger partial charge in [-0.3, -0.25) is 10.2 Å². The summed E-state index contributed by atoms with van der Waals surface area (Å²) < 4.78 is 4.81. The van der Waals surface area contributed by atoms with Crippen LogP contribution in [0.1, 0.15) is 22.3 Å². The fraction of sp³-hybridized carbons (Fsp3) is 0.174. The summed E-state index contributed by atoms with van der Waals surface area (Å²) in [6.07, 6.45) is 0.200. The van der Waals surface area contributed by atoms with E-state index in [1.54, 1.807) is 0 Å². The molecule has 11 nitrogen and oxygen atoms in total. The van der Waals surface area contributed by atoms with E-state index in [-0.39, 0.29) is 41.5 Å². The van der Waals surface area contributed by atoms with Crippen molar-refractivity contribution in [3.63, 3.8) is 0 Å². The molecule has 3 rings (SSSR count). The van der Waals surface area contributed by atoms with Crippen LogP contribution >= 0.6 is 0 Å². The number of carbonyl (C=O) groups is 3. The standard InChI is InChI=1S/C23H24N6O5/c1-34-22(32)16(11-13-5-3-2-4-6-13)27-21(31)14-7-9-15(10-8-14)26-23(33)29-19-17(30)12-18(24)28-20(19)25/h2-10,16,30H,11-12H2,1H3,(H,27,31)(H3,24,25,28)(H2,26,29,33)/t16-/m0/s1. The Balaban J connectivity index is 1.61. The monoisotopic (exact) mass is 464 g/mol. The van der Waals surface area contributed by atoms with Crippen molar-refractivity contribution in [3.8, 4) is 0 Å². The summed E-state index contributed by atoms with van der Waals surface area (Å²) in [5.74, 6) is -1.61. The lowest BCUT2D eigenvalue weighted by molar-refractivity contribution is -0.142. The van der Waals surface area contributed by atoms with E-state index in [1.807, 2.05) is 30.3 Å². The number of nitrogens with two attached hydrogens (primary N) is 1. The van der Waals surface area contributed by atoms with Crippen LogP contribution < -0.4 is 21.7 Å². The third-order valence-corrected chi connectivity index (χ3v) is 4.85. The maximum absolute atomic E-state index is 12.7. The summed E-state index contributed by atoms with van der Waals surface area (Å²) in [7, 11) is 1.25. The molecule has 2 aromatic carbocycles. The zero-order valence-electron chi connectivity index (χ0n) is 18.3. The van der Waals surface area contributed by atoms with Gasteiger partial charge in [0.1, 0.15) is 23.3 Å². The molecule has 1 aliphatic heterocycles. The number of esters is 1. The fourth-order valence-electron chi connectivity index (χ4n) is 3.17. The smallest absolute Gasteiger partial charge is 0.328 e. The highest BCUT2D eigenvalue weighted by atomic mass is 16.5. The van der Waals surface area contributed by atoms with Crippen LogP contribution in [0.4, 0.5) is 10.5 Å². The van der Waals surface area contributed by atoms with Crippen LogP contribution in [-0.4, -0.2) is 47.8 Å². The number of amides is 3. The average molecular weight is 464 g/mol. The number of ether oxygens (including phenoxy) is 1. The quantitative estimate of drug-likeness (QED) is 0.340. The van der Waals surface area contributed by atoms with E-state index in [1.165, 1.54) is 31.4 Å². The Morgan fingerprint density at radius 3 is 2.41 bits per heavy atom. The number of dihydropyridines is 1. The van der Waals surface area contributed by atoms with E-state index in [0.717, 1.165) is 5.56 Å². The zero-order chi connectivity index (χ0) is 24.7. The number of anilines is 1. The highest BCUT2D eigenvalue weighted by Gasteiger charge is 2.23. The van der Waals surface area contributed by atoms with Crippen molar-refractivity contribution in [3.05, 3.63) is 77.2 Å². The first-order valence-corrected chi connectivity index (χ1v) is 10.2. The number of hydrogen-bond acceptors (Lipinski definition) is 7. The Bertz CT molecular complexity index is 1160. The average Bonchev–Trinajstić information content (AvgIpc) is 2.81. The molecule has 0 saturated carbocycles. The highest BCUT2D eigenvalue weighted by Crippen LogP contribution is 2.14. The predicted molar refractivity (Wildman–Crippen MR) is 126 cm³/mol. The van der Waals surface area contributed by atoms with Gasteiger partial charge in [0.25, 0.3) is 5.91 Å². The number of nitrogens with one attached hydrogen (secondary N) is 4. The van der Waals surface area contributed by atoms with Crippen LogP contribution in [-0.2, 0) is 16.0 Å². The zero-order valence-corrected chi connectivity index (χ0v) is 18.3. The molecule has 0 aliphatic carbocycles. The first-order chi connectivity index (χ1) is 16.3. The van der Waals surface area contributed by atoms with E-state index in [0.29, 0.717) is 5.69 Å². The number of aliphatic hydroxyl groups is 1. The Morgan fingerprint density at radius 2 is 1.79 bits per heavy atom. The van der Waals surface area contributed by atoms with Gasteiger partial charge in [-0.05, 0) is 29.8 Å². The molecule has 0 saturated heterocycles. The van der Waals surface area contributed by atoms with Crippen LogP contribution in [0.15, 0.2) is 71.0 Å². The van der Waals surface area contributed by atoms with Crippen molar-refractivity contribution in [2.24, 2.45) is 10.7 Å². The SMILES string of the molecule is COC(=O)[C@H](Cc1ccccc1)NC(=O)c1ccc(NC(=O)NC2=C(O)CC(N)=NC2=N)cc1. The number of benzene rings is 2. The van der Waals surface area contributed by atoms with E-state index >= 15 is 0 Å². The molecule has 0 unspecified atom stereocenters. The molecule has 2 aromatic rings. The van der Waals surface area contributed by atoms with Gasteiger partial charge in [0, 0.05) is 17.7 Å². The molecule has 176 valence electrons. The van der Waals surface area contributed by atoms with Crippen molar-refractivity contribution < 1.29 is 24.2 Å². The van der Waals surface area contributed by atoms with Gasteiger partial charge in [0.15, 0.2) is 5.84 Å². The topological polar surface area (TPSA) is 179 Å². The number of amidine groups is 2. The van der Waals surface area contributed by atoms with Gasteiger partial charge < -0.3 is 31.5 Å². The van der Waals surface area contributed by atoms with E-state index in [9.17, 15) is 19.5 Å². The second kappa shape index (κ2) is 10.8. The fourth-order valence-corrected chi connectivity index (χ4v) is 3.17. The van der Waals surface area contributed by atoms with Gasteiger partial charge in [0.05, 0.1) is 13.5 Å². The summed E-state index contributed by atoms with van der Waals surface area (Å²) in [5, 5.41) is 25.2. The maximum atomic E-state index is 12.7. The largest absolute Gasteiger partial charge is 0.510 e. The molecule has 1 aliphatic rings. The lowest BCUT2D eigenvalue weighted by Crippen LogP contribution is -2.43. The summed E-state index contributed by atoms with van der Waals surface area (Å²) in [6.45, 7) is 0. The summed E-state index contributed by atoms with van der Waals surface area (Å²) in [5.41, 5.74) is 6.84. The van der Waals surface area contributed by atoms with Crippen LogP contribution in [0, 0.1) is 5.41 Å². The Hall–Kier alpha value is -4.67. The third-order valence-electron chi connectivity index (χ3n) is 4.85. The predicted octanol–water partition coefficient (Wildman–Crippen LogP) is 1.83. The molecule has 1 atom stereocenters. The highest BCUT2D eigenvalue weighted by molar-refractivity contribution is 6.10. The molecule has 0 bridgehead atoms. The number of nitrogens with zero attached hydrogens (tertiary/aromatic N) is 1. The normalized spacial score (nSPS) is 14.0. The Kier molecular flexibility index (Phi) is 7.60. The molecular formula is C23H24N6O5. The van der Waals surface area contributed by atoms with Crippen molar-refractivity contribution in [2.75, 3.05) is 12.4 Å². The Labute approximate surface area is 195 Å². The lowest BCUT2D eigenvalue weighted by Gasteiger charge is -2.17. The number of aliphatic hydroxyl groups excluding tert-OH is 1. The van der Waals surface area contributed by atoms with Crippen molar-refractivity contribution >= 4 is 35.3 Å². The van der Waals surface area contributed by atoms with Gasteiger partial charge in [-0.15, -0.1) is 0 Å². The molecule has 34 heavy (non-hydrogen) atoms. The number of urea groups is 1. The first kappa shape index (κ1) is 24.0. The molecule has 11 heteroatoms. The number of methoxy groups -OCH3 is 1. The molecule has 0 spiro atoms. The van der Waals surface area contributed by atoms with E-state index in [4.69, 9.17) is 15.9 Å². The number of carbonyl (C=O) groups excluding carboxylic acids is 3.